The monoisotopic (exact) mass is 370 g/mol. The van der Waals surface area contributed by atoms with Crippen LogP contribution in [0.15, 0.2) is 47.6 Å². The molecule has 1 aromatic carbocycles. The van der Waals surface area contributed by atoms with Gasteiger partial charge in [0, 0.05) is 24.8 Å². The standard InChI is InChI=1S/C21H30N4O2/c1-6-22-21(25-16(4)15(2)3)24-14-17-7-12-20(23-13-17)27-19-10-8-18(26-5)9-11-19/h7-13,15-16H,6,14H2,1-5H3,(H2,22,24,25). The van der Waals surface area contributed by atoms with Crippen LogP contribution in [-0.4, -0.2) is 30.6 Å². The summed E-state index contributed by atoms with van der Waals surface area (Å²) in [5.41, 5.74) is 1.02. The lowest BCUT2D eigenvalue weighted by atomic mass is 10.1. The van der Waals surface area contributed by atoms with Crippen molar-refractivity contribution in [2.24, 2.45) is 10.9 Å². The summed E-state index contributed by atoms with van der Waals surface area (Å²) in [4.78, 5) is 9.00. The largest absolute Gasteiger partial charge is 0.497 e. The molecular formula is C21H30N4O2. The van der Waals surface area contributed by atoms with E-state index in [9.17, 15) is 0 Å². The maximum absolute atomic E-state index is 5.75. The van der Waals surface area contributed by atoms with Crippen LogP contribution in [0.3, 0.4) is 0 Å². The SMILES string of the molecule is CCNC(=NCc1ccc(Oc2ccc(OC)cc2)nc1)NC(C)C(C)C. The molecule has 6 heteroatoms. The van der Waals surface area contributed by atoms with Crippen LogP contribution in [-0.2, 0) is 6.54 Å². The topological polar surface area (TPSA) is 67.8 Å². The molecule has 0 saturated heterocycles. The van der Waals surface area contributed by atoms with Crippen molar-refractivity contribution in [2.45, 2.75) is 40.3 Å². The van der Waals surface area contributed by atoms with Crippen LogP contribution in [0.4, 0.5) is 0 Å². The van der Waals surface area contributed by atoms with E-state index in [1.807, 2.05) is 36.4 Å². The molecule has 0 aliphatic carbocycles. The van der Waals surface area contributed by atoms with Gasteiger partial charge in [-0.2, -0.15) is 0 Å². The molecule has 27 heavy (non-hydrogen) atoms. The van der Waals surface area contributed by atoms with Crippen molar-refractivity contribution in [1.29, 1.82) is 0 Å². The lowest BCUT2D eigenvalue weighted by molar-refractivity contribution is 0.412. The van der Waals surface area contributed by atoms with Gasteiger partial charge in [0.1, 0.15) is 11.5 Å². The number of hydrogen-bond donors (Lipinski definition) is 2. The third-order valence-corrected chi connectivity index (χ3v) is 4.21. The predicted molar refractivity (Wildman–Crippen MR) is 110 cm³/mol. The Balaban J connectivity index is 1.96. The molecule has 2 aromatic rings. The molecule has 0 bridgehead atoms. The first kappa shape index (κ1) is 20.6. The number of benzene rings is 1. The van der Waals surface area contributed by atoms with E-state index in [1.54, 1.807) is 13.3 Å². The fourth-order valence-electron chi connectivity index (χ4n) is 2.20. The molecule has 1 unspecified atom stereocenters. The zero-order valence-corrected chi connectivity index (χ0v) is 16.8. The molecule has 0 spiro atoms. The molecule has 146 valence electrons. The molecule has 0 aliphatic heterocycles. The van der Waals surface area contributed by atoms with Gasteiger partial charge in [-0.1, -0.05) is 19.9 Å². The molecule has 1 aromatic heterocycles. The van der Waals surface area contributed by atoms with E-state index in [-0.39, 0.29) is 0 Å². The Morgan fingerprint density at radius 1 is 1.07 bits per heavy atom. The van der Waals surface area contributed by atoms with Gasteiger partial charge in [-0.05, 0) is 49.6 Å². The van der Waals surface area contributed by atoms with Crippen LogP contribution in [0.25, 0.3) is 0 Å². The summed E-state index contributed by atoms with van der Waals surface area (Å²) >= 11 is 0. The summed E-state index contributed by atoms with van der Waals surface area (Å²) in [6.07, 6.45) is 1.79. The molecule has 0 radical (unpaired) electrons. The quantitative estimate of drug-likeness (QED) is 0.543. The van der Waals surface area contributed by atoms with E-state index in [0.29, 0.717) is 24.4 Å². The van der Waals surface area contributed by atoms with E-state index >= 15 is 0 Å². The maximum Gasteiger partial charge on any atom is 0.219 e. The number of ether oxygens (including phenoxy) is 2. The van der Waals surface area contributed by atoms with Crippen molar-refractivity contribution >= 4 is 5.96 Å². The number of aromatic nitrogens is 1. The van der Waals surface area contributed by atoms with Gasteiger partial charge in [0.25, 0.3) is 0 Å². The minimum Gasteiger partial charge on any atom is -0.497 e. The van der Waals surface area contributed by atoms with Gasteiger partial charge in [-0.3, -0.25) is 0 Å². The number of rotatable bonds is 8. The summed E-state index contributed by atoms with van der Waals surface area (Å²) in [6, 6.07) is 11.6. The van der Waals surface area contributed by atoms with Crippen molar-refractivity contribution in [3.8, 4) is 17.4 Å². The highest BCUT2D eigenvalue weighted by Crippen LogP contribution is 2.22. The van der Waals surface area contributed by atoms with Gasteiger partial charge in [0.05, 0.1) is 13.7 Å². The van der Waals surface area contributed by atoms with Crippen LogP contribution >= 0.6 is 0 Å². The van der Waals surface area contributed by atoms with E-state index < -0.39 is 0 Å². The Morgan fingerprint density at radius 2 is 1.78 bits per heavy atom. The molecule has 1 heterocycles. The second kappa shape index (κ2) is 10.4. The summed E-state index contributed by atoms with van der Waals surface area (Å²) in [7, 11) is 1.64. The highest BCUT2D eigenvalue weighted by molar-refractivity contribution is 5.80. The van der Waals surface area contributed by atoms with E-state index in [1.165, 1.54) is 0 Å². The number of guanidine groups is 1. The van der Waals surface area contributed by atoms with Crippen LogP contribution in [0.2, 0.25) is 0 Å². The van der Waals surface area contributed by atoms with Crippen molar-refractivity contribution in [1.82, 2.24) is 15.6 Å². The Labute approximate surface area is 162 Å². The van der Waals surface area contributed by atoms with E-state index in [0.717, 1.165) is 29.6 Å². The second-order valence-corrected chi connectivity index (χ2v) is 6.65. The van der Waals surface area contributed by atoms with Crippen molar-refractivity contribution in [2.75, 3.05) is 13.7 Å². The first-order chi connectivity index (χ1) is 13.0. The first-order valence-electron chi connectivity index (χ1n) is 9.33. The molecule has 2 N–H and O–H groups in total. The molecule has 0 aliphatic rings. The number of aliphatic imine (C=N–C) groups is 1. The summed E-state index contributed by atoms with van der Waals surface area (Å²) in [5.74, 6) is 3.41. The normalized spacial score (nSPS) is 12.6. The Morgan fingerprint density at radius 3 is 2.33 bits per heavy atom. The lowest BCUT2D eigenvalue weighted by Crippen LogP contribution is -2.44. The predicted octanol–water partition coefficient (Wildman–Crippen LogP) is 3.98. The third-order valence-electron chi connectivity index (χ3n) is 4.21. The van der Waals surface area contributed by atoms with E-state index in [2.05, 4.69) is 48.3 Å². The highest BCUT2D eigenvalue weighted by Gasteiger charge is 2.08. The fraction of sp³-hybridized carbons (Fsp3) is 0.429. The minimum absolute atomic E-state index is 0.348. The van der Waals surface area contributed by atoms with Gasteiger partial charge in [-0.15, -0.1) is 0 Å². The van der Waals surface area contributed by atoms with Crippen LogP contribution in [0.1, 0.15) is 33.3 Å². The molecular weight excluding hydrogens is 340 g/mol. The summed E-state index contributed by atoms with van der Waals surface area (Å²) < 4.78 is 10.9. The minimum atomic E-state index is 0.348. The maximum atomic E-state index is 5.75. The summed E-state index contributed by atoms with van der Waals surface area (Å²) in [6.45, 7) is 9.97. The number of nitrogens with zero attached hydrogens (tertiary/aromatic N) is 2. The molecule has 6 nitrogen and oxygen atoms in total. The molecule has 1 atom stereocenters. The zero-order chi connectivity index (χ0) is 19.6. The smallest absolute Gasteiger partial charge is 0.219 e. The van der Waals surface area contributed by atoms with Gasteiger partial charge < -0.3 is 20.1 Å². The zero-order valence-electron chi connectivity index (χ0n) is 16.8. The Hall–Kier alpha value is -2.76. The average Bonchev–Trinajstić information content (AvgIpc) is 2.68. The molecule has 2 rings (SSSR count). The van der Waals surface area contributed by atoms with Crippen molar-refractivity contribution < 1.29 is 9.47 Å². The van der Waals surface area contributed by atoms with E-state index in [4.69, 9.17) is 9.47 Å². The van der Waals surface area contributed by atoms with Gasteiger partial charge in [0.15, 0.2) is 5.96 Å². The summed E-state index contributed by atoms with van der Waals surface area (Å²) in [5, 5.41) is 6.70. The van der Waals surface area contributed by atoms with Crippen LogP contribution in [0.5, 0.6) is 17.4 Å². The third kappa shape index (κ3) is 6.81. The van der Waals surface area contributed by atoms with Gasteiger partial charge in [0.2, 0.25) is 5.88 Å². The van der Waals surface area contributed by atoms with Crippen LogP contribution in [0, 0.1) is 5.92 Å². The fourth-order valence-corrected chi connectivity index (χ4v) is 2.20. The molecule has 0 saturated carbocycles. The first-order valence-corrected chi connectivity index (χ1v) is 9.33. The number of nitrogens with one attached hydrogen (secondary N) is 2. The Bertz CT molecular complexity index is 712. The van der Waals surface area contributed by atoms with Crippen LogP contribution < -0.4 is 20.1 Å². The average molecular weight is 370 g/mol. The second-order valence-electron chi connectivity index (χ2n) is 6.65. The van der Waals surface area contributed by atoms with Crippen molar-refractivity contribution in [3.05, 3.63) is 48.2 Å². The van der Waals surface area contributed by atoms with Crippen molar-refractivity contribution in [3.63, 3.8) is 0 Å². The number of pyridine rings is 1. The molecule has 0 fully saturated rings. The van der Waals surface area contributed by atoms with Gasteiger partial charge >= 0.3 is 0 Å². The number of methoxy groups -OCH3 is 1. The van der Waals surface area contributed by atoms with Gasteiger partial charge in [-0.25, -0.2) is 9.98 Å². The highest BCUT2D eigenvalue weighted by atomic mass is 16.5. The number of hydrogen-bond acceptors (Lipinski definition) is 4. The molecule has 0 amide bonds. The Kier molecular flexibility index (Phi) is 7.92. The lowest BCUT2D eigenvalue weighted by Gasteiger charge is -2.20.